The number of halogens is 1. The quantitative estimate of drug-likeness (QED) is 0.311. The van der Waals surface area contributed by atoms with Gasteiger partial charge < -0.3 is 9.94 Å². The maximum absolute atomic E-state index is 13.6. The fourth-order valence-electron chi connectivity index (χ4n) is 4.12. The summed E-state index contributed by atoms with van der Waals surface area (Å²) in [6.07, 6.45) is 17.8. The van der Waals surface area contributed by atoms with Crippen LogP contribution in [0.15, 0.2) is 52.8 Å². The van der Waals surface area contributed by atoms with Crippen molar-refractivity contribution in [1.82, 2.24) is 15.0 Å². The molecular formula is C26H32FN3O4. The van der Waals surface area contributed by atoms with Gasteiger partial charge >= 0.3 is 5.97 Å². The van der Waals surface area contributed by atoms with E-state index in [-0.39, 0.29) is 29.8 Å². The molecule has 2 N–H and O–H groups in total. The number of aliphatic carboxylic acids is 1. The Kier molecular flexibility index (Phi) is 9.16. The van der Waals surface area contributed by atoms with Gasteiger partial charge in [-0.1, -0.05) is 24.3 Å². The minimum Gasteiger partial charge on any atom is -0.481 e. The summed E-state index contributed by atoms with van der Waals surface area (Å²) in [4.78, 5) is 34.5. The minimum absolute atomic E-state index is 0.0725. The third-order valence-electron chi connectivity index (χ3n) is 5.89. The third kappa shape index (κ3) is 6.87. The first-order chi connectivity index (χ1) is 16.4. The Hall–Kier alpha value is -3.26. The van der Waals surface area contributed by atoms with Gasteiger partial charge in [-0.05, 0) is 69.2 Å². The number of aryl methyl sites for hydroxylation is 1. The van der Waals surface area contributed by atoms with Crippen LogP contribution in [0.5, 0.6) is 0 Å². The first kappa shape index (κ1) is 25.4. The molecule has 2 unspecified atom stereocenters. The predicted octanol–water partition coefficient (Wildman–Crippen LogP) is 2.98. The number of nitrogens with one attached hydrogen (secondary N) is 1. The molecule has 0 aromatic carbocycles. The Morgan fingerprint density at radius 1 is 1.32 bits per heavy atom. The van der Waals surface area contributed by atoms with Crippen LogP contribution in [-0.4, -0.2) is 27.7 Å². The second-order valence-electron chi connectivity index (χ2n) is 8.46. The Balaban J connectivity index is 1.96. The van der Waals surface area contributed by atoms with Crippen LogP contribution in [0.1, 0.15) is 57.3 Å². The van der Waals surface area contributed by atoms with Crippen LogP contribution in [-0.2, 0) is 16.1 Å². The zero-order valence-electron chi connectivity index (χ0n) is 19.7. The van der Waals surface area contributed by atoms with Crippen LogP contribution < -0.4 is 21.6 Å². The summed E-state index contributed by atoms with van der Waals surface area (Å²) in [6, 6.07) is -0.324. The summed E-state index contributed by atoms with van der Waals surface area (Å²) in [7, 11) is 1.71. The first-order valence-corrected chi connectivity index (χ1v) is 11.6. The Bertz CT molecular complexity index is 1190. The zero-order chi connectivity index (χ0) is 24.5. The van der Waals surface area contributed by atoms with Crippen molar-refractivity contribution in [3.05, 3.63) is 74.8 Å². The molecule has 0 fully saturated rings. The van der Waals surface area contributed by atoms with Crippen LogP contribution in [0.3, 0.4) is 0 Å². The molecule has 2 aliphatic carbocycles. The topological polar surface area (TPSA) is 93.5 Å². The highest BCUT2D eigenvalue weighted by Crippen LogP contribution is 2.22. The van der Waals surface area contributed by atoms with E-state index in [9.17, 15) is 14.0 Å². The number of hydroxylamine groups is 1. The molecule has 2 aliphatic rings. The number of nitrogens with zero attached hydrogens (tertiary/aromatic N) is 2. The average molecular weight is 470 g/mol. The standard InChI is InChI=1S/C26H32FN3O4/c1-18(34-28-2)10-11-19-6-5-7-22-23(17-12-19)29-24(8-3-4-9-25(31)32)30(26(22)33)21-15-13-20(27)14-16-21/h5-7,10,13-15,17,19,21,28H,3-4,8-9,11-12,16H2,1-2H3,(H,31,32)/b6-5?,18-10-,22-7+,23-17+. The van der Waals surface area contributed by atoms with Gasteiger partial charge in [-0.2, -0.15) is 5.48 Å². The molecule has 0 saturated carbocycles. The van der Waals surface area contributed by atoms with Crippen molar-refractivity contribution in [2.75, 3.05) is 7.05 Å². The summed E-state index contributed by atoms with van der Waals surface area (Å²) in [5, 5.41) is 10.1. The molecule has 3 rings (SSSR count). The normalized spacial score (nSPS) is 21.9. The maximum atomic E-state index is 13.6. The summed E-state index contributed by atoms with van der Waals surface area (Å²) in [6.45, 7) is 1.88. The molecule has 182 valence electrons. The third-order valence-corrected chi connectivity index (χ3v) is 5.89. The first-order valence-electron chi connectivity index (χ1n) is 11.6. The number of fused-ring (bicyclic) bond motifs is 1. The molecule has 2 atom stereocenters. The SMILES string of the molecule is CNO/C(C)=C\CC1C=C/C=c2/c(=O)n(C3C=CC(F)=CC3)c(CCCCC(=O)O)n/c2=C/C1. The lowest BCUT2D eigenvalue weighted by Gasteiger charge is -2.21. The van der Waals surface area contributed by atoms with Crippen molar-refractivity contribution in [2.45, 2.75) is 57.9 Å². The van der Waals surface area contributed by atoms with Crippen molar-refractivity contribution in [1.29, 1.82) is 0 Å². The minimum atomic E-state index is -0.843. The van der Waals surface area contributed by atoms with Gasteiger partial charge in [0.25, 0.3) is 5.56 Å². The number of hydrogen-bond donors (Lipinski definition) is 2. The molecule has 0 spiro atoms. The van der Waals surface area contributed by atoms with Crippen LogP contribution in [0.4, 0.5) is 4.39 Å². The number of rotatable bonds is 10. The van der Waals surface area contributed by atoms with Gasteiger partial charge in [-0.15, -0.1) is 0 Å². The molecule has 7 nitrogen and oxygen atoms in total. The van der Waals surface area contributed by atoms with Crippen molar-refractivity contribution < 1.29 is 19.1 Å². The highest BCUT2D eigenvalue weighted by atomic mass is 19.1. The summed E-state index contributed by atoms with van der Waals surface area (Å²) < 4.78 is 15.2. The Morgan fingerprint density at radius 2 is 2.15 bits per heavy atom. The molecule has 1 aromatic heterocycles. The summed E-state index contributed by atoms with van der Waals surface area (Å²) >= 11 is 0. The van der Waals surface area contributed by atoms with E-state index in [2.05, 4.69) is 11.6 Å². The molecule has 34 heavy (non-hydrogen) atoms. The lowest BCUT2D eigenvalue weighted by Crippen LogP contribution is -2.49. The second-order valence-corrected chi connectivity index (χ2v) is 8.46. The van der Waals surface area contributed by atoms with Crippen LogP contribution in [0.2, 0.25) is 0 Å². The van der Waals surface area contributed by atoms with Crippen molar-refractivity contribution >= 4 is 18.1 Å². The molecule has 0 radical (unpaired) electrons. The highest BCUT2D eigenvalue weighted by molar-refractivity contribution is 5.66. The van der Waals surface area contributed by atoms with Crippen LogP contribution in [0.25, 0.3) is 12.2 Å². The van der Waals surface area contributed by atoms with E-state index in [0.717, 1.165) is 12.2 Å². The molecular weight excluding hydrogens is 437 g/mol. The zero-order valence-corrected chi connectivity index (χ0v) is 19.7. The van der Waals surface area contributed by atoms with Crippen molar-refractivity contribution in [3.8, 4) is 0 Å². The predicted molar refractivity (Wildman–Crippen MR) is 130 cm³/mol. The Morgan fingerprint density at radius 3 is 2.85 bits per heavy atom. The fourth-order valence-corrected chi connectivity index (χ4v) is 4.12. The van der Waals surface area contributed by atoms with Gasteiger partial charge in [0.2, 0.25) is 0 Å². The van der Waals surface area contributed by atoms with E-state index < -0.39 is 5.97 Å². The van der Waals surface area contributed by atoms with E-state index in [0.29, 0.717) is 48.5 Å². The van der Waals surface area contributed by atoms with Gasteiger partial charge in [0.1, 0.15) is 17.4 Å². The number of carbonyl (C=O) groups is 1. The van der Waals surface area contributed by atoms with E-state index >= 15 is 0 Å². The smallest absolute Gasteiger partial charge is 0.303 e. The molecule has 1 aromatic rings. The van der Waals surface area contributed by atoms with E-state index in [4.69, 9.17) is 14.9 Å². The van der Waals surface area contributed by atoms with Crippen molar-refractivity contribution in [3.63, 3.8) is 0 Å². The number of aromatic nitrogens is 2. The van der Waals surface area contributed by atoms with Crippen LogP contribution in [0, 0.1) is 5.92 Å². The lowest BCUT2D eigenvalue weighted by atomic mass is 9.98. The molecule has 0 amide bonds. The second kappa shape index (κ2) is 12.3. The van der Waals surface area contributed by atoms with Gasteiger partial charge in [0.05, 0.1) is 16.6 Å². The summed E-state index contributed by atoms with van der Waals surface area (Å²) in [5.41, 5.74) is 2.49. The molecule has 0 bridgehead atoms. The molecule has 0 aliphatic heterocycles. The number of unbranched alkanes of at least 4 members (excludes halogenated alkanes) is 1. The largest absolute Gasteiger partial charge is 0.481 e. The van der Waals surface area contributed by atoms with Gasteiger partial charge in [-0.3, -0.25) is 14.2 Å². The average Bonchev–Trinajstić information content (AvgIpc) is 2.78. The van der Waals surface area contributed by atoms with E-state index in [1.54, 1.807) is 23.8 Å². The van der Waals surface area contributed by atoms with Gasteiger partial charge in [0, 0.05) is 19.9 Å². The lowest BCUT2D eigenvalue weighted by molar-refractivity contribution is -0.137. The van der Waals surface area contributed by atoms with E-state index in [1.807, 2.05) is 25.2 Å². The van der Waals surface area contributed by atoms with Gasteiger partial charge in [-0.25, -0.2) is 9.37 Å². The van der Waals surface area contributed by atoms with Gasteiger partial charge in [0.15, 0.2) is 0 Å². The monoisotopic (exact) mass is 469 g/mol. The van der Waals surface area contributed by atoms with Crippen molar-refractivity contribution in [2.24, 2.45) is 5.92 Å². The highest BCUT2D eigenvalue weighted by Gasteiger charge is 2.18. The fraction of sp³-hybridized carbons (Fsp3) is 0.423. The Labute approximate surface area is 198 Å². The molecule has 1 heterocycles. The van der Waals surface area contributed by atoms with E-state index in [1.165, 1.54) is 12.2 Å². The maximum Gasteiger partial charge on any atom is 0.303 e. The summed E-state index contributed by atoms with van der Waals surface area (Å²) in [5.74, 6) is 0.466. The number of carboxylic acid groups (broad SMARTS) is 1. The van der Waals surface area contributed by atoms with Crippen LogP contribution >= 0.6 is 0 Å². The number of hydrogen-bond acceptors (Lipinski definition) is 5. The number of carboxylic acids is 1. The number of allylic oxidation sites excluding steroid dienone is 8. The molecule has 0 saturated heterocycles. The molecule has 8 heteroatoms.